The first-order chi connectivity index (χ1) is 7.63. The quantitative estimate of drug-likeness (QED) is 0.574. The summed E-state index contributed by atoms with van der Waals surface area (Å²) in [7, 11) is 1.27. The first-order valence-electron chi connectivity index (χ1n) is 4.92. The summed E-state index contributed by atoms with van der Waals surface area (Å²) in [6.07, 6.45) is -0.544. The lowest BCUT2D eigenvalue weighted by atomic mass is 10.1. The van der Waals surface area contributed by atoms with E-state index >= 15 is 0 Å². The van der Waals surface area contributed by atoms with Gasteiger partial charge < -0.3 is 9.47 Å². The second kappa shape index (κ2) is 5.90. The number of esters is 2. The van der Waals surface area contributed by atoms with Gasteiger partial charge in [-0.25, -0.2) is 4.79 Å². The molecule has 4 nitrogen and oxygen atoms in total. The van der Waals surface area contributed by atoms with Crippen molar-refractivity contribution < 1.29 is 19.1 Å². The molecule has 0 bridgehead atoms. The topological polar surface area (TPSA) is 52.6 Å². The monoisotopic (exact) mass is 226 g/mol. The van der Waals surface area contributed by atoms with Crippen LogP contribution < -0.4 is 0 Å². The van der Waals surface area contributed by atoms with Gasteiger partial charge in [-0.2, -0.15) is 0 Å². The van der Waals surface area contributed by atoms with Gasteiger partial charge in [-0.1, -0.05) is 30.3 Å². The highest BCUT2D eigenvalue weighted by atomic mass is 18.4. The fourth-order valence-corrected chi connectivity index (χ4v) is 1.33. The minimum Gasteiger partial charge on any atom is -0.466 e. The van der Waals surface area contributed by atoms with Crippen LogP contribution in [0.2, 0.25) is 0 Å². The van der Waals surface area contributed by atoms with Crippen LogP contribution >= 0.6 is 0 Å². The van der Waals surface area contributed by atoms with E-state index in [2.05, 4.69) is 4.74 Å². The molecule has 1 rings (SSSR count). The van der Waals surface area contributed by atoms with E-state index in [1.54, 1.807) is 0 Å². The molecule has 1 aromatic carbocycles. The number of benzene rings is 1. The van der Waals surface area contributed by atoms with Crippen molar-refractivity contribution in [3.8, 4) is 0 Å². The first kappa shape index (κ1) is 12.2. The van der Waals surface area contributed by atoms with E-state index < -0.39 is 18.0 Å². The average molecular weight is 226 g/mol. The Bertz CT molecular complexity index is 359. The molecule has 86 valence electrons. The zero-order valence-electron chi connectivity index (χ0n) is 9.30. The van der Waals surface area contributed by atoms with Gasteiger partial charge in [0.05, 0.1) is 7.11 Å². The van der Waals surface area contributed by atoms with E-state index in [1.807, 2.05) is 30.3 Å². The number of ether oxygens (including phenoxy) is 2. The molecule has 1 aromatic rings. The molecule has 0 fully saturated rings. The molecular weight excluding hydrogens is 212 g/mol. The number of methoxy groups -OCH3 is 1. The van der Waals surface area contributed by atoms with Crippen molar-refractivity contribution in [2.45, 2.75) is 19.4 Å². The second-order valence-corrected chi connectivity index (χ2v) is 3.31. The van der Waals surface area contributed by atoms with Gasteiger partial charge in [-0.15, -0.1) is 0 Å². The smallest absolute Gasteiger partial charge is 0.347 e. The van der Waals surface area contributed by atoms with Crippen LogP contribution in [0.15, 0.2) is 30.3 Å². The van der Waals surface area contributed by atoms with Crippen molar-refractivity contribution in [3.63, 3.8) is 0 Å². The minimum atomic E-state index is -0.870. The molecule has 0 heterocycles. The van der Waals surface area contributed by atoms with Crippen molar-refractivity contribution in [1.82, 2.24) is 0 Å². The molecule has 0 saturated carbocycles. The van der Waals surface area contributed by atoms with E-state index in [0.717, 1.165) is 5.56 Å². The Hall–Kier alpha value is -1.84. The van der Waals surface area contributed by atoms with Gasteiger partial charge in [0.2, 0.25) is 6.10 Å². The highest BCUT2D eigenvalue weighted by Gasteiger charge is 2.22. The summed E-state index contributed by atoms with van der Waals surface area (Å²) < 4.78 is 9.46. The number of hydrogen-bond acceptors (Lipinski definition) is 4. The molecule has 1 atom stereocenters. The summed E-state index contributed by atoms with van der Waals surface area (Å²) in [5.74, 6) is -1.04. The van der Waals surface area contributed by atoms with Crippen LogP contribution in [0.3, 0.4) is 0 Å². The van der Waals surface area contributed by atoms with Crippen LogP contribution in [-0.2, 0) is 25.5 Å². The van der Waals surface area contributed by atoms with Gasteiger partial charge in [-0.3, -0.25) is 4.79 Å². The Morgan fingerprint density at radius 1 is 1.44 bits per heavy atom. The molecule has 0 aliphatic rings. The van der Waals surface area contributed by atoms with Crippen LogP contribution in [-0.4, -0.2) is 25.2 Å². The van der Waals surface area contributed by atoms with Crippen molar-refractivity contribution in [1.29, 1.82) is 0 Å². The molecule has 16 heavy (non-hydrogen) atoms. The van der Waals surface area contributed by atoms with E-state index in [0.29, 0.717) is 6.42 Å². The molecule has 0 amide bonds. The van der Waals surface area contributed by atoms with Gasteiger partial charge >= 0.3 is 11.9 Å². The van der Waals surface area contributed by atoms with Crippen molar-refractivity contribution in [2.24, 2.45) is 0 Å². The molecule has 0 aromatic heterocycles. The molecule has 0 aliphatic heterocycles. The van der Waals surface area contributed by atoms with Crippen LogP contribution in [0, 0.1) is 0 Å². The van der Waals surface area contributed by atoms with Crippen LogP contribution in [0.1, 0.15) is 12.5 Å². The summed E-state index contributed by atoms with van der Waals surface area (Å²) >= 11 is 0. The molecule has 0 saturated heterocycles. The molecule has 0 aliphatic carbocycles. The Kier molecular flexibility index (Phi) is 4.51. The number of carbonyl (C=O) groups excluding carboxylic acids is 2. The number of rotatable bonds is 4. The molecule has 4 heteroatoms. The van der Waals surface area contributed by atoms with E-state index in [1.165, 1.54) is 14.0 Å². The maximum absolute atomic E-state index is 11.4. The molecule has 0 radical (unpaired) electrons. The van der Waals surface area contributed by atoms with Crippen molar-refractivity contribution in [2.75, 3.05) is 7.11 Å². The lowest BCUT2D eigenvalue weighted by molar-refractivity contribution is -0.164. The lowest BCUT2D eigenvalue weighted by Gasteiger charge is -2.14. The molecule has 0 N–H and O–H groups in total. The van der Waals surface area contributed by atoms with Crippen molar-refractivity contribution in [3.05, 3.63) is 35.9 Å². The molecule has 0 spiro atoms. The summed E-state index contributed by atoms with van der Waals surface area (Å²) in [6, 6.07) is 9.32. The molecule has 1 unspecified atom stereocenters. The summed E-state index contributed by atoms with van der Waals surface area (Å²) in [5, 5.41) is 0. The SMILES string of the molecule is COC(=O)C(Cc1ccccc1)[18O]C(C)=[18O]. The van der Waals surface area contributed by atoms with Gasteiger partial charge in [0, 0.05) is 13.3 Å². The standard InChI is InChI=1S/C12H14O4/c1-9(13)16-11(12(14)15-2)8-10-6-4-3-5-7-10/h3-7,11H,8H2,1-2H3/i13+2,16+2. The zero-order chi connectivity index (χ0) is 12.0. The van der Waals surface area contributed by atoms with Gasteiger partial charge in [-0.05, 0) is 5.56 Å². The Labute approximate surface area is 94.2 Å². The fraction of sp³-hybridized carbons (Fsp3) is 0.333. The minimum absolute atomic E-state index is 0.326. The second-order valence-electron chi connectivity index (χ2n) is 3.31. The van der Waals surface area contributed by atoms with E-state index in [-0.39, 0.29) is 0 Å². The third-order valence-corrected chi connectivity index (χ3v) is 2.04. The summed E-state index contributed by atoms with van der Waals surface area (Å²) in [5.41, 5.74) is 0.916. The highest BCUT2D eigenvalue weighted by molar-refractivity contribution is 5.78. The zero-order valence-corrected chi connectivity index (χ0v) is 9.30. The molecular formula is C12H14O4. The summed E-state index contributed by atoms with van der Waals surface area (Å²) in [4.78, 5) is 22.2. The van der Waals surface area contributed by atoms with Crippen molar-refractivity contribution >= 4 is 11.9 Å². The maximum Gasteiger partial charge on any atom is 0.347 e. The lowest BCUT2D eigenvalue weighted by Crippen LogP contribution is -2.29. The van der Waals surface area contributed by atoms with E-state index in [4.69, 9.17) is 4.74 Å². The normalized spacial score (nSPS) is 11.6. The third kappa shape index (κ3) is 3.73. The largest absolute Gasteiger partial charge is 0.466 e. The fourth-order valence-electron chi connectivity index (χ4n) is 1.33. The summed E-state index contributed by atoms with van der Waals surface area (Å²) in [6.45, 7) is 1.26. The van der Waals surface area contributed by atoms with Gasteiger partial charge in [0.1, 0.15) is 0 Å². The Morgan fingerprint density at radius 3 is 2.56 bits per heavy atom. The number of carbonyl (C=O) groups is 2. The van der Waals surface area contributed by atoms with Crippen LogP contribution in [0.5, 0.6) is 0 Å². The van der Waals surface area contributed by atoms with Gasteiger partial charge in [0.25, 0.3) is 0 Å². The average Bonchev–Trinajstić information content (AvgIpc) is 2.28. The van der Waals surface area contributed by atoms with Gasteiger partial charge in [0.15, 0.2) is 0 Å². The number of hydrogen-bond donors (Lipinski definition) is 0. The highest BCUT2D eigenvalue weighted by Crippen LogP contribution is 2.07. The maximum atomic E-state index is 11.4. The van der Waals surface area contributed by atoms with Crippen LogP contribution in [0.4, 0.5) is 0 Å². The Morgan fingerprint density at radius 2 is 2.06 bits per heavy atom. The van der Waals surface area contributed by atoms with Crippen LogP contribution in [0.25, 0.3) is 0 Å². The predicted molar refractivity (Wildman–Crippen MR) is 57.7 cm³/mol. The first-order valence-corrected chi connectivity index (χ1v) is 4.92. The predicted octanol–water partition coefficient (Wildman–Crippen LogP) is 1.33. The third-order valence-electron chi connectivity index (χ3n) is 2.04. The van der Waals surface area contributed by atoms with E-state index in [9.17, 15) is 9.59 Å². The Balaban J connectivity index is 2.70.